The van der Waals surface area contributed by atoms with Gasteiger partial charge in [-0.1, -0.05) is 54.6 Å². The number of aliphatic hydroxyl groups is 2. The molecule has 0 spiro atoms. The van der Waals surface area contributed by atoms with Crippen LogP contribution in [0.5, 0.6) is 0 Å². The van der Waals surface area contributed by atoms with E-state index in [9.17, 15) is 10.2 Å². The van der Waals surface area contributed by atoms with Crippen LogP contribution in [0.1, 0.15) is 23.0 Å². The summed E-state index contributed by atoms with van der Waals surface area (Å²) in [6, 6.07) is 16.8. The first kappa shape index (κ1) is 17.6. The molecule has 2 fully saturated rings. The van der Waals surface area contributed by atoms with Gasteiger partial charge in [-0.25, -0.2) is 0 Å². The third-order valence-corrected chi connectivity index (χ3v) is 5.13. The predicted molar refractivity (Wildman–Crippen MR) is 94.0 cm³/mol. The molecule has 0 amide bonds. The van der Waals surface area contributed by atoms with Gasteiger partial charge in [-0.15, -0.1) is 0 Å². The van der Waals surface area contributed by atoms with Crippen LogP contribution in [-0.4, -0.2) is 41.7 Å². The molecule has 2 heterocycles. The fraction of sp³-hybridized carbons (Fsp3) is 0.400. The van der Waals surface area contributed by atoms with Crippen LogP contribution in [0.2, 0.25) is 0 Å². The second kappa shape index (κ2) is 7.08. The lowest BCUT2D eigenvalue weighted by Crippen LogP contribution is -2.64. The summed E-state index contributed by atoms with van der Waals surface area (Å²) >= 11 is 0. The number of hydrogen-bond donors (Lipinski definition) is 3. The summed E-state index contributed by atoms with van der Waals surface area (Å²) in [5.41, 5.74) is 6.42. The summed E-state index contributed by atoms with van der Waals surface area (Å²) in [5, 5.41) is 22.2. The molecule has 1 unspecified atom stereocenters. The van der Waals surface area contributed by atoms with Crippen molar-refractivity contribution < 1.29 is 24.4 Å². The Labute approximate surface area is 152 Å². The molecule has 2 aliphatic heterocycles. The van der Waals surface area contributed by atoms with Gasteiger partial charge < -0.3 is 30.2 Å². The molecule has 6 heteroatoms. The van der Waals surface area contributed by atoms with Crippen LogP contribution < -0.4 is 5.73 Å². The normalized spacial score (nSPS) is 34.3. The molecule has 0 saturated carbocycles. The first-order valence-corrected chi connectivity index (χ1v) is 8.76. The second-order valence-electron chi connectivity index (χ2n) is 6.75. The zero-order chi connectivity index (χ0) is 18.1. The van der Waals surface area contributed by atoms with Crippen molar-refractivity contribution in [3.8, 4) is 0 Å². The minimum absolute atomic E-state index is 0.00719. The molecule has 0 radical (unpaired) electrons. The van der Waals surface area contributed by atoms with Gasteiger partial charge in [0.1, 0.15) is 23.9 Å². The summed E-state index contributed by atoms with van der Waals surface area (Å²) < 4.78 is 17.6. The fourth-order valence-corrected chi connectivity index (χ4v) is 3.67. The Balaban J connectivity index is 1.70. The van der Waals surface area contributed by atoms with Crippen molar-refractivity contribution in [3.63, 3.8) is 0 Å². The van der Waals surface area contributed by atoms with Gasteiger partial charge in [0.15, 0.2) is 6.29 Å². The van der Waals surface area contributed by atoms with E-state index < -0.39 is 30.2 Å². The molecule has 6 nitrogen and oxygen atoms in total. The molecule has 4 rings (SSSR count). The van der Waals surface area contributed by atoms with Gasteiger partial charge in [-0.3, -0.25) is 0 Å². The topological polar surface area (TPSA) is 94.2 Å². The maximum Gasteiger partial charge on any atom is 0.184 e. The molecule has 2 aromatic rings. The number of fused-ring (bicyclic) bond motifs is 1. The highest BCUT2D eigenvalue weighted by Crippen LogP contribution is 2.42. The highest BCUT2D eigenvalue weighted by atomic mass is 16.7. The summed E-state index contributed by atoms with van der Waals surface area (Å²) in [4.78, 5) is 0. The smallest absolute Gasteiger partial charge is 0.184 e. The minimum Gasteiger partial charge on any atom is -0.387 e. The zero-order valence-corrected chi connectivity index (χ0v) is 14.3. The van der Waals surface area contributed by atoms with Crippen molar-refractivity contribution in [2.45, 2.75) is 36.7 Å². The number of ether oxygens (including phenoxy) is 3. The van der Waals surface area contributed by atoms with Crippen LogP contribution in [0.25, 0.3) is 0 Å². The van der Waals surface area contributed by atoms with Crippen molar-refractivity contribution in [1.29, 1.82) is 0 Å². The van der Waals surface area contributed by atoms with E-state index in [2.05, 4.69) is 0 Å². The second-order valence-corrected chi connectivity index (χ2v) is 6.75. The van der Waals surface area contributed by atoms with Crippen LogP contribution in [0.3, 0.4) is 0 Å². The summed E-state index contributed by atoms with van der Waals surface area (Å²) in [5.74, 6) is 0. The third kappa shape index (κ3) is 2.95. The Kier molecular flexibility index (Phi) is 4.79. The monoisotopic (exact) mass is 357 g/mol. The average molecular weight is 357 g/mol. The Hall–Kier alpha value is -1.80. The van der Waals surface area contributed by atoms with Gasteiger partial charge in [0.2, 0.25) is 0 Å². The van der Waals surface area contributed by atoms with Gasteiger partial charge in [0.05, 0.1) is 13.2 Å². The molecule has 2 saturated heterocycles. The van der Waals surface area contributed by atoms with Crippen molar-refractivity contribution in [1.82, 2.24) is 0 Å². The lowest BCUT2D eigenvalue weighted by Gasteiger charge is -2.50. The van der Waals surface area contributed by atoms with E-state index in [1.807, 2.05) is 48.5 Å². The molecule has 0 bridgehead atoms. The van der Waals surface area contributed by atoms with Gasteiger partial charge >= 0.3 is 0 Å². The molecule has 5 atom stereocenters. The molecule has 0 aromatic heterocycles. The standard InChI is InChI=1S/C20H23NO5/c21-10-13-5-4-8-15(9-13)20(23)17(22)12-24-16-11-25-19(26-18(16)20)14-6-2-1-3-7-14/h1-9,16-19,22-23H,10-12,21H2/t16-,17+,18-,19?,20-/m1/s1. The number of hydrogen-bond acceptors (Lipinski definition) is 6. The highest BCUT2D eigenvalue weighted by Gasteiger charge is 2.56. The zero-order valence-electron chi connectivity index (χ0n) is 14.3. The van der Waals surface area contributed by atoms with Crippen LogP contribution >= 0.6 is 0 Å². The van der Waals surface area contributed by atoms with Gasteiger partial charge in [-0.05, 0) is 11.1 Å². The highest BCUT2D eigenvalue weighted by molar-refractivity contribution is 5.32. The van der Waals surface area contributed by atoms with E-state index in [0.717, 1.165) is 11.1 Å². The summed E-state index contributed by atoms with van der Waals surface area (Å²) in [6.07, 6.45) is -2.98. The first-order chi connectivity index (χ1) is 12.6. The SMILES string of the molecule is NCc1cccc([C@]2(O)[C@@H]3OC(c4ccccc4)OC[C@H]3OC[C@@H]2O)c1. The lowest BCUT2D eigenvalue weighted by atomic mass is 9.78. The largest absolute Gasteiger partial charge is 0.387 e. The summed E-state index contributed by atoms with van der Waals surface area (Å²) in [6.45, 7) is 0.629. The minimum atomic E-state index is -1.61. The molecule has 138 valence electrons. The van der Waals surface area contributed by atoms with E-state index in [1.165, 1.54) is 0 Å². The van der Waals surface area contributed by atoms with E-state index in [4.69, 9.17) is 19.9 Å². The molecule has 4 N–H and O–H groups in total. The van der Waals surface area contributed by atoms with Crippen molar-refractivity contribution in [3.05, 3.63) is 71.3 Å². The van der Waals surface area contributed by atoms with Crippen LogP contribution in [-0.2, 0) is 26.4 Å². The Morgan fingerprint density at radius 2 is 1.85 bits per heavy atom. The lowest BCUT2D eigenvalue weighted by molar-refractivity contribution is -0.345. The molecule has 0 aliphatic carbocycles. The van der Waals surface area contributed by atoms with E-state index in [-0.39, 0.29) is 13.2 Å². The van der Waals surface area contributed by atoms with Gasteiger partial charge in [0, 0.05) is 12.1 Å². The predicted octanol–water partition coefficient (Wildman–Crippen LogP) is 1.21. The maximum atomic E-state index is 11.5. The van der Waals surface area contributed by atoms with Gasteiger partial charge in [-0.2, -0.15) is 0 Å². The molecule has 2 aliphatic rings. The molecule has 26 heavy (non-hydrogen) atoms. The van der Waals surface area contributed by atoms with Crippen molar-refractivity contribution in [2.24, 2.45) is 5.73 Å². The Morgan fingerprint density at radius 3 is 2.62 bits per heavy atom. The van der Waals surface area contributed by atoms with Crippen LogP contribution in [0.15, 0.2) is 54.6 Å². The van der Waals surface area contributed by atoms with E-state index in [0.29, 0.717) is 12.1 Å². The fourth-order valence-electron chi connectivity index (χ4n) is 3.67. The maximum absolute atomic E-state index is 11.5. The molecular weight excluding hydrogens is 334 g/mol. The van der Waals surface area contributed by atoms with Crippen LogP contribution in [0.4, 0.5) is 0 Å². The first-order valence-electron chi connectivity index (χ1n) is 8.76. The van der Waals surface area contributed by atoms with Crippen LogP contribution in [0, 0.1) is 0 Å². The number of aliphatic hydroxyl groups excluding tert-OH is 1. The summed E-state index contributed by atoms with van der Waals surface area (Å²) in [7, 11) is 0. The van der Waals surface area contributed by atoms with E-state index in [1.54, 1.807) is 6.07 Å². The Bertz CT molecular complexity index is 755. The van der Waals surface area contributed by atoms with Crippen molar-refractivity contribution >= 4 is 0 Å². The Morgan fingerprint density at radius 1 is 1.04 bits per heavy atom. The van der Waals surface area contributed by atoms with E-state index >= 15 is 0 Å². The average Bonchev–Trinajstić information content (AvgIpc) is 2.71. The quantitative estimate of drug-likeness (QED) is 0.764. The van der Waals surface area contributed by atoms with Gasteiger partial charge in [0.25, 0.3) is 0 Å². The number of rotatable bonds is 3. The van der Waals surface area contributed by atoms with Crippen molar-refractivity contribution in [2.75, 3.05) is 13.2 Å². The number of benzene rings is 2. The molecular formula is C20H23NO5. The number of nitrogens with two attached hydrogens (primary N) is 1. The molecule has 2 aromatic carbocycles. The third-order valence-electron chi connectivity index (χ3n) is 5.13.